The molecule has 0 aliphatic carbocycles. The van der Waals surface area contributed by atoms with E-state index in [1.165, 1.54) is 13.1 Å². The predicted molar refractivity (Wildman–Crippen MR) is 143 cm³/mol. The molecule has 4 N–H and O–H groups in total. The first-order valence-corrected chi connectivity index (χ1v) is 12.6. The lowest BCUT2D eigenvalue weighted by molar-refractivity contribution is -0.142. The van der Waals surface area contributed by atoms with Gasteiger partial charge in [-0.05, 0) is 42.2 Å². The van der Waals surface area contributed by atoms with Gasteiger partial charge in [0.25, 0.3) is 11.8 Å². The van der Waals surface area contributed by atoms with E-state index in [-0.39, 0.29) is 24.1 Å². The van der Waals surface area contributed by atoms with Crippen LogP contribution >= 0.6 is 0 Å². The second kappa shape index (κ2) is 10.4. The Morgan fingerprint density at radius 1 is 1.23 bits per heavy atom. The predicted octanol–water partition coefficient (Wildman–Crippen LogP) is 2.94. The fourth-order valence-electron chi connectivity index (χ4n) is 4.68. The third-order valence-corrected chi connectivity index (χ3v) is 6.63. The van der Waals surface area contributed by atoms with Crippen LogP contribution in [0.2, 0.25) is 0 Å². The molecule has 0 saturated heterocycles. The fraction of sp³-hybridized carbons (Fsp3) is 0.393. The van der Waals surface area contributed by atoms with E-state index in [2.05, 4.69) is 10.6 Å². The van der Waals surface area contributed by atoms with Crippen molar-refractivity contribution in [3.63, 3.8) is 0 Å². The molecule has 39 heavy (non-hydrogen) atoms. The van der Waals surface area contributed by atoms with Gasteiger partial charge >= 0.3 is 5.97 Å². The molecule has 11 nitrogen and oxygen atoms in total. The number of Topliss-reactive ketones (excluding diaryl/α,β-unsaturated/α-hetero) is 1. The number of fused-ring (bicyclic) bond motifs is 2. The van der Waals surface area contributed by atoms with Crippen LogP contribution in [0.3, 0.4) is 0 Å². The smallest absolute Gasteiger partial charge is 0.307 e. The number of nitrogens with one attached hydrogen (secondary N) is 3. The van der Waals surface area contributed by atoms with E-state index in [0.29, 0.717) is 52.6 Å². The third kappa shape index (κ3) is 5.43. The molecule has 4 rings (SSSR count). The summed E-state index contributed by atoms with van der Waals surface area (Å²) in [6.45, 7) is 8.15. The average molecular weight is 537 g/mol. The standard InChI is InChI=1S/C28H32N4O7/c1-6-38-21-9-15-12-32(25(29)16(15)10-17(21)26(36)30-5)13-20(33)14-7-18(28(2,3)4)24-19(8-14)31-27(37)22(39-24)11-23(34)35/h7-10,22,29H,6,11-13H2,1-5H3,(H,30,36)(H,31,37)(H,34,35). The zero-order valence-corrected chi connectivity index (χ0v) is 22.6. The molecule has 1 unspecified atom stereocenters. The number of carboxylic acid groups (broad SMARTS) is 1. The largest absolute Gasteiger partial charge is 0.493 e. The molecule has 2 heterocycles. The SMILES string of the molecule is CCOc1cc2c(cc1C(=O)NC)C(=N)N(CC(=O)c1cc3c(c(C(C)(C)C)c1)OC(CC(=O)O)C(=O)N3)C2. The van der Waals surface area contributed by atoms with Gasteiger partial charge in [-0.25, -0.2) is 0 Å². The van der Waals surface area contributed by atoms with Gasteiger partial charge in [-0.3, -0.25) is 24.6 Å². The maximum absolute atomic E-state index is 13.5. The number of hydrogen-bond donors (Lipinski definition) is 4. The van der Waals surface area contributed by atoms with E-state index in [1.807, 2.05) is 27.7 Å². The molecule has 206 valence electrons. The number of carbonyl (C=O) groups excluding carboxylic acids is 3. The van der Waals surface area contributed by atoms with Gasteiger partial charge in [0, 0.05) is 30.3 Å². The number of carboxylic acids is 1. The van der Waals surface area contributed by atoms with Gasteiger partial charge in [-0.2, -0.15) is 0 Å². The summed E-state index contributed by atoms with van der Waals surface area (Å²) in [5.41, 5.74) is 2.43. The molecule has 0 radical (unpaired) electrons. The molecule has 2 aliphatic heterocycles. The first kappa shape index (κ1) is 27.6. The topological polar surface area (TPSA) is 158 Å². The Morgan fingerprint density at radius 2 is 1.95 bits per heavy atom. The molecule has 2 aromatic rings. The minimum absolute atomic E-state index is 0.106. The molecule has 2 amide bonds. The van der Waals surface area contributed by atoms with Crippen molar-refractivity contribution in [3.05, 3.63) is 52.1 Å². The monoisotopic (exact) mass is 536 g/mol. The highest BCUT2D eigenvalue weighted by atomic mass is 16.5. The lowest BCUT2D eigenvalue weighted by Gasteiger charge is -2.31. The Bertz CT molecular complexity index is 1390. The average Bonchev–Trinajstić information content (AvgIpc) is 3.16. The molecule has 0 fully saturated rings. The summed E-state index contributed by atoms with van der Waals surface area (Å²) in [4.78, 5) is 51.2. The van der Waals surface area contributed by atoms with E-state index >= 15 is 0 Å². The van der Waals surface area contributed by atoms with Crippen molar-refractivity contribution in [1.82, 2.24) is 10.2 Å². The summed E-state index contributed by atoms with van der Waals surface area (Å²) in [6.07, 6.45) is -1.66. The molecule has 0 spiro atoms. The molecular formula is C28H32N4O7. The van der Waals surface area contributed by atoms with Crippen molar-refractivity contribution in [2.45, 2.75) is 52.2 Å². The van der Waals surface area contributed by atoms with Crippen molar-refractivity contribution in [3.8, 4) is 11.5 Å². The number of ketones is 1. The van der Waals surface area contributed by atoms with Gasteiger partial charge in [-0.15, -0.1) is 0 Å². The molecule has 11 heteroatoms. The zero-order chi connectivity index (χ0) is 28.6. The van der Waals surface area contributed by atoms with Gasteiger partial charge in [0.15, 0.2) is 11.9 Å². The van der Waals surface area contributed by atoms with E-state index in [9.17, 15) is 19.2 Å². The first-order chi connectivity index (χ1) is 18.3. The molecule has 0 bridgehead atoms. The maximum atomic E-state index is 13.5. The second-order valence-electron chi connectivity index (χ2n) is 10.5. The molecular weight excluding hydrogens is 504 g/mol. The zero-order valence-electron chi connectivity index (χ0n) is 22.6. The number of aliphatic carboxylic acids is 1. The number of nitrogens with zero attached hydrogens (tertiary/aromatic N) is 1. The van der Waals surface area contributed by atoms with Crippen LogP contribution in [-0.2, 0) is 21.5 Å². The van der Waals surface area contributed by atoms with Gasteiger partial charge < -0.3 is 30.1 Å². The lowest BCUT2D eigenvalue weighted by Crippen LogP contribution is -2.39. The number of carbonyl (C=O) groups is 4. The lowest BCUT2D eigenvalue weighted by atomic mass is 9.84. The van der Waals surface area contributed by atoms with Crippen LogP contribution in [0.5, 0.6) is 11.5 Å². The normalized spacial score (nSPS) is 16.1. The van der Waals surface area contributed by atoms with Crippen LogP contribution in [0, 0.1) is 5.41 Å². The van der Waals surface area contributed by atoms with Crippen LogP contribution in [0.1, 0.15) is 71.5 Å². The summed E-state index contributed by atoms with van der Waals surface area (Å²) in [7, 11) is 1.52. The number of rotatable bonds is 8. The van der Waals surface area contributed by atoms with Crippen molar-refractivity contribution in [2.75, 3.05) is 25.5 Å². The minimum atomic E-state index is -1.18. The number of hydrogen-bond acceptors (Lipinski definition) is 7. The summed E-state index contributed by atoms with van der Waals surface area (Å²) < 4.78 is 11.5. The molecule has 0 aromatic heterocycles. The Labute approximate surface area is 226 Å². The summed E-state index contributed by atoms with van der Waals surface area (Å²) in [6, 6.07) is 6.56. The van der Waals surface area contributed by atoms with Crippen LogP contribution in [0.4, 0.5) is 5.69 Å². The second-order valence-corrected chi connectivity index (χ2v) is 10.5. The van der Waals surface area contributed by atoms with Crippen molar-refractivity contribution >= 4 is 35.1 Å². The van der Waals surface area contributed by atoms with Crippen molar-refractivity contribution in [1.29, 1.82) is 5.41 Å². The molecule has 2 aromatic carbocycles. The Morgan fingerprint density at radius 3 is 2.56 bits per heavy atom. The molecule has 1 atom stereocenters. The highest BCUT2D eigenvalue weighted by molar-refractivity contribution is 6.08. The maximum Gasteiger partial charge on any atom is 0.307 e. The summed E-state index contributed by atoms with van der Waals surface area (Å²) >= 11 is 0. The third-order valence-electron chi connectivity index (χ3n) is 6.63. The number of amides is 2. The van der Waals surface area contributed by atoms with E-state index in [0.717, 1.165) is 5.56 Å². The van der Waals surface area contributed by atoms with E-state index in [4.69, 9.17) is 20.0 Å². The number of ether oxygens (including phenoxy) is 2. The summed E-state index contributed by atoms with van der Waals surface area (Å²) in [5, 5.41) is 23.1. The minimum Gasteiger partial charge on any atom is -0.493 e. The van der Waals surface area contributed by atoms with Gasteiger partial charge in [0.1, 0.15) is 17.3 Å². The van der Waals surface area contributed by atoms with E-state index < -0.39 is 29.8 Å². The van der Waals surface area contributed by atoms with Crippen LogP contribution in [0.15, 0.2) is 24.3 Å². The Hall–Kier alpha value is -4.41. The first-order valence-electron chi connectivity index (χ1n) is 12.6. The molecule has 2 aliphatic rings. The van der Waals surface area contributed by atoms with Crippen LogP contribution in [0.25, 0.3) is 0 Å². The van der Waals surface area contributed by atoms with Crippen LogP contribution in [-0.4, -0.2) is 65.7 Å². The number of amidine groups is 1. The number of benzene rings is 2. The van der Waals surface area contributed by atoms with Crippen LogP contribution < -0.4 is 20.1 Å². The summed E-state index contributed by atoms with van der Waals surface area (Å²) in [5.74, 6) is -1.49. The molecule has 0 saturated carbocycles. The van der Waals surface area contributed by atoms with E-state index in [1.54, 1.807) is 23.1 Å². The highest BCUT2D eigenvalue weighted by Crippen LogP contribution is 2.41. The Balaban J connectivity index is 1.63. The number of anilines is 1. The quantitative estimate of drug-likeness (QED) is 0.375. The Kier molecular flexibility index (Phi) is 7.36. The fourth-order valence-corrected chi connectivity index (χ4v) is 4.68. The van der Waals surface area contributed by atoms with Gasteiger partial charge in [-0.1, -0.05) is 20.8 Å². The van der Waals surface area contributed by atoms with Crippen molar-refractivity contribution < 1.29 is 33.8 Å². The van der Waals surface area contributed by atoms with Gasteiger partial charge in [0.05, 0.1) is 30.8 Å². The van der Waals surface area contributed by atoms with Crippen molar-refractivity contribution in [2.24, 2.45) is 0 Å². The highest BCUT2D eigenvalue weighted by Gasteiger charge is 2.35. The van der Waals surface area contributed by atoms with Gasteiger partial charge in [0.2, 0.25) is 0 Å².